The Hall–Kier alpha value is -5.07. The summed E-state index contributed by atoms with van der Waals surface area (Å²) in [7, 11) is 1.75. The molecule has 0 spiro atoms. The second-order valence-corrected chi connectivity index (χ2v) is 8.48. The molecule has 186 valence electrons. The summed E-state index contributed by atoms with van der Waals surface area (Å²) in [6.45, 7) is 0.457. The summed E-state index contributed by atoms with van der Waals surface area (Å²) >= 11 is 0. The summed E-state index contributed by atoms with van der Waals surface area (Å²) < 4.78 is 27.6. The normalized spacial score (nSPS) is 14.7. The van der Waals surface area contributed by atoms with E-state index in [4.69, 9.17) is 9.47 Å². The van der Waals surface area contributed by atoms with Crippen LogP contribution >= 0.6 is 0 Å². The second-order valence-electron chi connectivity index (χ2n) is 8.48. The Labute approximate surface area is 207 Å². The van der Waals surface area contributed by atoms with Crippen LogP contribution in [0.25, 0.3) is 27.6 Å². The summed E-state index contributed by atoms with van der Waals surface area (Å²) in [5, 5.41) is 18.6. The van der Waals surface area contributed by atoms with E-state index < -0.39 is 22.4 Å². The van der Waals surface area contributed by atoms with Gasteiger partial charge >= 0.3 is 0 Å². The third-order valence-corrected chi connectivity index (χ3v) is 6.08. The largest absolute Gasteiger partial charge is 0.485 e. The Balaban J connectivity index is 1.36. The predicted molar refractivity (Wildman–Crippen MR) is 131 cm³/mol. The number of non-ortho nitro benzene ring substituents is 1. The zero-order chi connectivity index (χ0) is 25.7. The van der Waals surface area contributed by atoms with Gasteiger partial charge in [0.2, 0.25) is 5.95 Å². The zero-order valence-corrected chi connectivity index (χ0v) is 19.3. The van der Waals surface area contributed by atoms with Crippen LogP contribution in [0.3, 0.4) is 0 Å². The van der Waals surface area contributed by atoms with Crippen molar-refractivity contribution in [3.8, 4) is 17.2 Å². The lowest BCUT2D eigenvalue weighted by atomic mass is 10.2. The molecule has 1 aliphatic heterocycles. The molecule has 1 N–H and O–H groups in total. The number of anilines is 1. The van der Waals surface area contributed by atoms with Gasteiger partial charge in [0.25, 0.3) is 11.2 Å². The highest BCUT2D eigenvalue weighted by molar-refractivity contribution is 6.02. The molecule has 13 heteroatoms. The highest BCUT2D eigenvalue weighted by Crippen LogP contribution is 2.35. The molecule has 1 aliphatic rings. The fourth-order valence-electron chi connectivity index (χ4n) is 4.32. The maximum absolute atomic E-state index is 14.8. The van der Waals surface area contributed by atoms with E-state index >= 15 is 0 Å². The first kappa shape index (κ1) is 22.4. The van der Waals surface area contributed by atoms with Gasteiger partial charge < -0.3 is 14.4 Å². The molecule has 0 fully saturated rings. The van der Waals surface area contributed by atoms with Crippen LogP contribution in [0.15, 0.2) is 59.7 Å². The molecular weight excluding hydrogens is 485 g/mol. The number of H-pyrrole nitrogens is 1. The van der Waals surface area contributed by atoms with Crippen LogP contribution in [0, 0.1) is 15.9 Å². The van der Waals surface area contributed by atoms with Gasteiger partial charge in [0, 0.05) is 19.3 Å². The summed E-state index contributed by atoms with van der Waals surface area (Å²) in [4.78, 5) is 34.6. The van der Waals surface area contributed by atoms with E-state index in [1.807, 2.05) is 0 Å². The number of rotatable bonds is 5. The molecule has 37 heavy (non-hydrogen) atoms. The number of aromatic amines is 1. The average molecular weight is 503 g/mol. The number of hydrogen-bond donors (Lipinski definition) is 1. The minimum atomic E-state index is -0.575. The molecule has 0 amide bonds. The lowest BCUT2D eigenvalue weighted by molar-refractivity contribution is -0.385. The number of para-hydroxylation sites is 1. The van der Waals surface area contributed by atoms with Gasteiger partial charge in [0.05, 0.1) is 45.7 Å². The highest BCUT2D eigenvalue weighted by atomic mass is 19.1. The molecular formula is C24H18FN7O5. The molecule has 0 saturated carbocycles. The van der Waals surface area contributed by atoms with Crippen LogP contribution in [0.2, 0.25) is 0 Å². The number of benzene rings is 2. The molecule has 0 bridgehead atoms. The Kier molecular flexibility index (Phi) is 5.17. The van der Waals surface area contributed by atoms with E-state index in [9.17, 15) is 19.3 Å². The molecule has 0 saturated heterocycles. The quantitative estimate of drug-likeness (QED) is 0.283. The molecule has 2 aromatic carbocycles. The summed E-state index contributed by atoms with van der Waals surface area (Å²) in [5.41, 5.74) is 0.166. The maximum Gasteiger partial charge on any atom is 0.273 e. The molecule has 0 radical (unpaired) electrons. The number of nitro groups is 1. The number of ether oxygens (including phenoxy) is 2. The fourth-order valence-corrected chi connectivity index (χ4v) is 4.32. The first-order chi connectivity index (χ1) is 17.9. The number of hydrogen-bond acceptors (Lipinski definition) is 9. The summed E-state index contributed by atoms with van der Waals surface area (Å²) in [6.07, 6.45) is 2.52. The van der Waals surface area contributed by atoms with Crippen LogP contribution in [0.1, 0.15) is 0 Å². The first-order valence-electron chi connectivity index (χ1n) is 11.2. The monoisotopic (exact) mass is 503 g/mol. The van der Waals surface area contributed by atoms with E-state index in [0.717, 1.165) is 0 Å². The van der Waals surface area contributed by atoms with Gasteiger partial charge in [-0.3, -0.25) is 24.6 Å². The fraction of sp³-hybridized carbons (Fsp3) is 0.167. The van der Waals surface area contributed by atoms with Crippen LogP contribution in [0.4, 0.5) is 16.0 Å². The van der Waals surface area contributed by atoms with Crippen molar-refractivity contribution >= 4 is 33.6 Å². The smallest absolute Gasteiger partial charge is 0.273 e. The van der Waals surface area contributed by atoms with Crippen LogP contribution in [-0.2, 0) is 0 Å². The van der Waals surface area contributed by atoms with Crippen molar-refractivity contribution in [3.63, 3.8) is 0 Å². The van der Waals surface area contributed by atoms with Crippen molar-refractivity contribution in [2.24, 2.45) is 0 Å². The minimum Gasteiger partial charge on any atom is -0.485 e. The first-order valence-corrected chi connectivity index (χ1v) is 11.2. The molecule has 12 nitrogen and oxygen atoms in total. The molecule has 1 atom stereocenters. The molecule has 4 heterocycles. The second kappa shape index (κ2) is 8.55. The predicted octanol–water partition coefficient (Wildman–Crippen LogP) is 2.98. The van der Waals surface area contributed by atoms with Gasteiger partial charge in [0.1, 0.15) is 12.4 Å². The van der Waals surface area contributed by atoms with Gasteiger partial charge in [0.15, 0.2) is 23.3 Å². The molecule has 6 rings (SSSR count). The highest BCUT2D eigenvalue weighted by Gasteiger charge is 2.26. The van der Waals surface area contributed by atoms with Crippen molar-refractivity contribution in [2.45, 2.75) is 6.10 Å². The zero-order valence-electron chi connectivity index (χ0n) is 19.3. The standard InChI is InChI=1S/C24H18FN7O5/c1-30(11-14-12-36-20-8-13(32(34)35)6-7-19(20)37-14)24-26-9-15-21-16(10-27-29-21)23(33)31(22(15)28-24)18-5-3-2-4-17(18)25/h2-10,14H,11-12H2,1H3,(H,27,29)/t14-/m0/s1. The van der Waals surface area contributed by atoms with Crippen molar-refractivity contribution in [1.82, 2.24) is 24.7 Å². The van der Waals surface area contributed by atoms with E-state index in [-0.39, 0.29) is 35.0 Å². The number of pyridine rings is 1. The third-order valence-electron chi connectivity index (χ3n) is 6.08. The third kappa shape index (κ3) is 3.76. The van der Waals surface area contributed by atoms with Gasteiger partial charge in [-0.25, -0.2) is 9.37 Å². The van der Waals surface area contributed by atoms with Gasteiger partial charge in [-0.1, -0.05) is 12.1 Å². The average Bonchev–Trinajstić information content (AvgIpc) is 3.40. The van der Waals surface area contributed by atoms with Crippen LogP contribution < -0.4 is 19.9 Å². The number of nitro benzene ring substituents is 1. The van der Waals surface area contributed by atoms with E-state index in [1.165, 1.54) is 41.1 Å². The topological polar surface area (TPSA) is 141 Å². The van der Waals surface area contributed by atoms with Crippen LogP contribution in [0.5, 0.6) is 11.5 Å². The lowest BCUT2D eigenvalue weighted by Gasteiger charge is -2.29. The van der Waals surface area contributed by atoms with Crippen molar-refractivity contribution < 1.29 is 18.8 Å². The van der Waals surface area contributed by atoms with Crippen molar-refractivity contribution in [3.05, 3.63) is 81.1 Å². The number of nitrogens with one attached hydrogen (secondary N) is 1. The number of nitrogens with zero attached hydrogens (tertiary/aromatic N) is 6. The number of halogens is 1. The SMILES string of the molecule is CN(C[C@H]1COc2cc([N+](=O)[O-])ccc2O1)c1ncc2c3[nH]ncc3c(=O)n(-c3ccccc3F)c2n1. The summed E-state index contributed by atoms with van der Waals surface area (Å²) in [5.74, 6) is 0.389. The summed E-state index contributed by atoms with van der Waals surface area (Å²) in [6, 6.07) is 10.1. The Morgan fingerprint density at radius 3 is 2.86 bits per heavy atom. The Bertz CT molecular complexity index is 1750. The molecule has 0 aliphatic carbocycles. The van der Waals surface area contributed by atoms with Crippen LogP contribution in [-0.4, -0.2) is 56.0 Å². The van der Waals surface area contributed by atoms with Gasteiger partial charge in [-0.15, -0.1) is 0 Å². The minimum absolute atomic E-state index is 0.0580. The number of likely N-dealkylation sites (N-methyl/N-ethyl adjacent to an activating group) is 1. The Morgan fingerprint density at radius 2 is 2.05 bits per heavy atom. The molecule has 3 aromatic heterocycles. The van der Waals surface area contributed by atoms with Crippen molar-refractivity contribution in [1.29, 1.82) is 0 Å². The van der Waals surface area contributed by atoms with Crippen molar-refractivity contribution in [2.75, 3.05) is 25.1 Å². The maximum atomic E-state index is 14.8. The van der Waals surface area contributed by atoms with E-state index in [2.05, 4.69) is 20.2 Å². The van der Waals surface area contributed by atoms with Gasteiger partial charge in [-0.05, 0) is 18.2 Å². The Morgan fingerprint density at radius 1 is 1.22 bits per heavy atom. The van der Waals surface area contributed by atoms with E-state index in [1.54, 1.807) is 30.3 Å². The number of fused-ring (bicyclic) bond motifs is 4. The van der Waals surface area contributed by atoms with Gasteiger partial charge in [-0.2, -0.15) is 10.1 Å². The lowest BCUT2D eigenvalue weighted by Crippen LogP contribution is -2.40. The molecule has 0 unspecified atom stereocenters. The van der Waals surface area contributed by atoms with E-state index in [0.29, 0.717) is 28.9 Å². The molecule has 5 aromatic rings. The number of aromatic nitrogens is 5.